The van der Waals surface area contributed by atoms with Crippen LogP contribution in [-0.4, -0.2) is 50.6 Å². The third-order valence-corrected chi connectivity index (χ3v) is 5.83. The number of hydrogen-bond donors (Lipinski definition) is 2. The molecule has 1 saturated heterocycles. The van der Waals surface area contributed by atoms with Crippen LogP contribution in [-0.2, 0) is 11.3 Å². The number of anilines is 1. The third-order valence-electron chi connectivity index (χ3n) is 4.71. The fourth-order valence-electron chi connectivity index (χ4n) is 3.55. The van der Waals surface area contributed by atoms with Crippen LogP contribution in [0.2, 0.25) is 0 Å². The second-order valence-electron chi connectivity index (χ2n) is 7.23. The highest BCUT2D eigenvalue weighted by Gasteiger charge is 2.22. The van der Waals surface area contributed by atoms with Crippen molar-refractivity contribution >= 4 is 34.6 Å². The van der Waals surface area contributed by atoms with Crippen LogP contribution >= 0.6 is 23.6 Å². The van der Waals surface area contributed by atoms with Crippen molar-refractivity contribution in [2.75, 3.05) is 18.4 Å². The molecule has 3 heterocycles. The Morgan fingerprint density at radius 3 is 2.69 bits per heavy atom. The number of carbonyl (C=O) groups is 1. The molecule has 2 unspecified atom stereocenters. The largest absolute Gasteiger partial charge is 0.373 e. The molecule has 3 aromatic rings. The summed E-state index contributed by atoms with van der Waals surface area (Å²) in [6.07, 6.45) is 4.08. The summed E-state index contributed by atoms with van der Waals surface area (Å²) >= 11 is 6.67. The summed E-state index contributed by atoms with van der Waals surface area (Å²) in [5, 5.41) is 5.50. The first-order chi connectivity index (χ1) is 14.0. The summed E-state index contributed by atoms with van der Waals surface area (Å²) in [6.45, 7) is 6.72. The van der Waals surface area contributed by atoms with E-state index in [2.05, 4.69) is 34.0 Å². The lowest BCUT2D eigenvalue weighted by molar-refractivity contribution is -0.0707. The van der Waals surface area contributed by atoms with Crippen molar-refractivity contribution < 1.29 is 9.53 Å². The van der Waals surface area contributed by atoms with Crippen LogP contribution in [0, 0.1) is 4.77 Å². The monoisotopic (exact) mass is 429 g/mol. The van der Waals surface area contributed by atoms with E-state index in [9.17, 15) is 4.79 Å². The molecule has 2 aromatic heterocycles. The summed E-state index contributed by atoms with van der Waals surface area (Å²) in [5.74, 6) is -0.177. The molecule has 29 heavy (non-hydrogen) atoms. The zero-order chi connectivity index (χ0) is 20.4. The molecule has 1 aromatic carbocycles. The van der Waals surface area contributed by atoms with Gasteiger partial charge in [-0.25, -0.2) is 4.98 Å². The van der Waals surface area contributed by atoms with Gasteiger partial charge < -0.3 is 9.72 Å². The minimum Gasteiger partial charge on any atom is -0.373 e. The predicted molar refractivity (Wildman–Crippen MR) is 116 cm³/mol. The molecule has 1 fully saturated rings. The van der Waals surface area contributed by atoms with E-state index in [1.807, 2.05) is 28.3 Å². The van der Waals surface area contributed by atoms with Gasteiger partial charge in [-0.05, 0) is 50.3 Å². The number of carbonyl (C=O) groups excluding carboxylic acids is 1. The SMILES string of the molecule is CC1CN(Cc2csc(NC(=O)c3ccc(-n4cc[nH]c4=S)cc3)n2)CC(C)O1. The molecule has 0 saturated carbocycles. The molecule has 9 heteroatoms. The average molecular weight is 430 g/mol. The molecule has 0 radical (unpaired) electrons. The summed E-state index contributed by atoms with van der Waals surface area (Å²) < 4.78 is 8.23. The van der Waals surface area contributed by atoms with Gasteiger partial charge in [-0.15, -0.1) is 11.3 Å². The Morgan fingerprint density at radius 2 is 2.03 bits per heavy atom. The number of ether oxygens (including phenoxy) is 1. The Bertz CT molecular complexity index is 1030. The summed E-state index contributed by atoms with van der Waals surface area (Å²) in [4.78, 5) is 22.4. The number of benzene rings is 1. The first-order valence-electron chi connectivity index (χ1n) is 9.48. The lowest BCUT2D eigenvalue weighted by Gasteiger charge is -2.34. The van der Waals surface area contributed by atoms with Crippen molar-refractivity contribution in [1.82, 2.24) is 19.4 Å². The van der Waals surface area contributed by atoms with Gasteiger partial charge in [0.2, 0.25) is 0 Å². The lowest BCUT2D eigenvalue weighted by atomic mass is 10.2. The standard InChI is InChI=1S/C20H23N5O2S2/c1-13-9-24(10-14(2)27-13)11-16-12-29-19(22-16)23-18(26)15-3-5-17(6-4-15)25-8-7-21-20(25)28/h3-8,12-14H,9-11H2,1-2H3,(H,21,28)(H,22,23,26). The highest BCUT2D eigenvalue weighted by Crippen LogP contribution is 2.20. The van der Waals surface area contributed by atoms with Crippen molar-refractivity contribution in [3.63, 3.8) is 0 Å². The number of nitrogens with one attached hydrogen (secondary N) is 2. The second kappa shape index (κ2) is 8.58. The van der Waals surface area contributed by atoms with Gasteiger partial charge in [0.15, 0.2) is 9.90 Å². The highest BCUT2D eigenvalue weighted by atomic mass is 32.1. The Balaban J connectivity index is 1.38. The normalized spacial score (nSPS) is 19.9. The quantitative estimate of drug-likeness (QED) is 0.603. The molecular weight excluding hydrogens is 406 g/mol. The maximum absolute atomic E-state index is 12.6. The topological polar surface area (TPSA) is 75.2 Å². The van der Waals surface area contributed by atoms with Crippen molar-refractivity contribution in [2.24, 2.45) is 0 Å². The number of aromatic nitrogens is 3. The van der Waals surface area contributed by atoms with E-state index in [1.165, 1.54) is 11.3 Å². The summed E-state index contributed by atoms with van der Waals surface area (Å²) in [6, 6.07) is 7.30. The lowest BCUT2D eigenvalue weighted by Crippen LogP contribution is -2.44. The minimum absolute atomic E-state index is 0.177. The molecule has 0 aliphatic carbocycles. The van der Waals surface area contributed by atoms with Gasteiger partial charge in [0.1, 0.15) is 0 Å². The molecular formula is C20H23N5O2S2. The number of amides is 1. The maximum Gasteiger partial charge on any atom is 0.257 e. The first kappa shape index (κ1) is 20.0. The van der Waals surface area contributed by atoms with Gasteiger partial charge in [0.25, 0.3) is 5.91 Å². The Morgan fingerprint density at radius 1 is 1.31 bits per heavy atom. The molecule has 4 rings (SSSR count). The number of H-pyrrole nitrogens is 1. The number of nitrogens with zero attached hydrogens (tertiary/aromatic N) is 3. The number of imidazole rings is 1. The van der Waals surface area contributed by atoms with Crippen LogP contribution in [0.5, 0.6) is 0 Å². The van der Waals surface area contributed by atoms with Gasteiger partial charge in [0, 0.05) is 48.7 Å². The van der Waals surface area contributed by atoms with Gasteiger partial charge in [-0.1, -0.05) is 0 Å². The number of rotatable bonds is 5. The number of aromatic amines is 1. The number of morpholine rings is 1. The van der Waals surface area contributed by atoms with Crippen LogP contribution in [0.4, 0.5) is 5.13 Å². The fourth-order valence-corrected chi connectivity index (χ4v) is 4.48. The van der Waals surface area contributed by atoms with Gasteiger partial charge in [-0.2, -0.15) is 0 Å². The molecule has 7 nitrogen and oxygen atoms in total. The van der Waals surface area contributed by atoms with E-state index >= 15 is 0 Å². The van der Waals surface area contributed by atoms with Gasteiger partial charge in [0.05, 0.1) is 17.9 Å². The fraction of sp³-hybridized carbons (Fsp3) is 0.350. The van der Waals surface area contributed by atoms with E-state index in [4.69, 9.17) is 17.0 Å². The Kier molecular flexibility index (Phi) is 5.91. The van der Waals surface area contributed by atoms with E-state index < -0.39 is 0 Å². The smallest absolute Gasteiger partial charge is 0.257 e. The third kappa shape index (κ3) is 4.81. The van der Waals surface area contributed by atoms with Gasteiger partial charge in [-0.3, -0.25) is 19.6 Å². The number of hydrogen-bond acceptors (Lipinski definition) is 6. The maximum atomic E-state index is 12.6. The van der Waals surface area contributed by atoms with Crippen LogP contribution in [0.15, 0.2) is 42.0 Å². The number of thiazole rings is 1. The molecule has 1 amide bonds. The Labute approximate surface area is 178 Å². The summed E-state index contributed by atoms with van der Waals surface area (Å²) in [5.41, 5.74) is 2.44. The molecule has 0 spiro atoms. The first-order valence-corrected chi connectivity index (χ1v) is 10.8. The van der Waals surface area contributed by atoms with Crippen molar-refractivity contribution in [3.8, 4) is 5.69 Å². The van der Waals surface area contributed by atoms with Gasteiger partial charge >= 0.3 is 0 Å². The molecule has 2 N–H and O–H groups in total. The zero-order valence-corrected chi connectivity index (χ0v) is 17.9. The molecule has 1 aliphatic rings. The molecule has 1 aliphatic heterocycles. The van der Waals surface area contributed by atoms with Crippen LogP contribution in [0.25, 0.3) is 5.69 Å². The zero-order valence-electron chi connectivity index (χ0n) is 16.3. The Hall–Kier alpha value is -2.33. The van der Waals surface area contributed by atoms with Crippen molar-refractivity contribution in [1.29, 1.82) is 0 Å². The van der Waals surface area contributed by atoms with E-state index in [-0.39, 0.29) is 18.1 Å². The minimum atomic E-state index is -0.177. The highest BCUT2D eigenvalue weighted by molar-refractivity contribution is 7.71. The van der Waals surface area contributed by atoms with Crippen molar-refractivity contribution in [3.05, 3.63) is 58.1 Å². The molecule has 152 valence electrons. The van der Waals surface area contributed by atoms with Crippen LogP contribution in [0.3, 0.4) is 0 Å². The van der Waals surface area contributed by atoms with Crippen LogP contribution < -0.4 is 5.32 Å². The van der Waals surface area contributed by atoms with E-state index in [0.717, 1.165) is 31.0 Å². The summed E-state index contributed by atoms with van der Waals surface area (Å²) in [7, 11) is 0. The predicted octanol–water partition coefficient (Wildman–Crippen LogP) is 3.85. The van der Waals surface area contributed by atoms with E-state index in [0.29, 0.717) is 15.5 Å². The van der Waals surface area contributed by atoms with E-state index in [1.54, 1.807) is 18.3 Å². The van der Waals surface area contributed by atoms with Crippen LogP contribution in [0.1, 0.15) is 29.9 Å². The second-order valence-corrected chi connectivity index (χ2v) is 8.48. The average Bonchev–Trinajstić information content (AvgIpc) is 3.30. The molecule has 2 atom stereocenters. The van der Waals surface area contributed by atoms with Crippen molar-refractivity contribution in [2.45, 2.75) is 32.6 Å². The molecule has 0 bridgehead atoms.